The fourth-order valence-electron chi connectivity index (χ4n) is 2.67. The summed E-state index contributed by atoms with van der Waals surface area (Å²) >= 11 is 0. The van der Waals surface area contributed by atoms with Gasteiger partial charge in [0.1, 0.15) is 0 Å². The summed E-state index contributed by atoms with van der Waals surface area (Å²) in [6.07, 6.45) is 5.76. The summed E-state index contributed by atoms with van der Waals surface area (Å²) < 4.78 is 5.10. The van der Waals surface area contributed by atoms with Crippen LogP contribution in [0.3, 0.4) is 0 Å². The smallest absolute Gasteiger partial charge is 0.316 e. The van der Waals surface area contributed by atoms with E-state index in [0.717, 1.165) is 31.3 Å². The number of allylic oxidation sites excluding steroid dienone is 1. The maximum absolute atomic E-state index is 11.9. The predicted molar refractivity (Wildman–Crippen MR) is 55.2 cm³/mol. The second-order valence-corrected chi connectivity index (χ2v) is 4.32. The molecule has 3 nitrogen and oxygen atoms in total. The highest BCUT2D eigenvalue weighted by Crippen LogP contribution is 2.48. The molecule has 0 N–H and O–H groups in total. The molecule has 0 aromatic rings. The van der Waals surface area contributed by atoms with E-state index in [0.29, 0.717) is 13.0 Å². The van der Waals surface area contributed by atoms with Crippen LogP contribution in [-0.2, 0) is 14.3 Å². The second kappa shape index (κ2) is 3.80. The Bertz CT molecular complexity index is 330. The molecule has 0 amide bonds. The van der Waals surface area contributed by atoms with Crippen molar-refractivity contribution in [2.45, 2.75) is 39.0 Å². The molecule has 2 aliphatic carbocycles. The van der Waals surface area contributed by atoms with Gasteiger partial charge in [0.15, 0.2) is 5.78 Å². The van der Waals surface area contributed by atoms with E-state index in [2.05, 4.69) is 0 Å². The molecule has 0 aliphatic heterocycles. The van der Waals surface area contributed by atoms with E-state index in [9.17, 15) is 9.59 Å². The highest BCUT2D eigenvalue weighted by atomic mass is 16.5. The Hall–Kier alpha value is -1.12. The van der Waals surface area contributed by atoms with E-state index in [-0.39, 0.29) is 11.8 Å². The zero-order chi connectivity index (χ0) is 10.9. The van der Waals surface area contributed by atoms with Crippen molar-refractivity contribution in [2.24, 2.45) is 5.41 Å². The Labute approximate surface area is 89.5 Å². The number of ether oxygens (including phenoxy) is 1. The molecular weight excluding hydrogens is 192 g/mol. The highest BCUT2D eigenvalue weighted by Gasteiger charge is 2.49. The number of carbonyl (C=O) groups excluding carboxylic acids is 2. The normalized spacial score (nSPS) is 29.7. The molecule has 0 saturated heterocycles. The first-order valence-corrected chi connectivity index (χ1v) is 5.60. The van der Waals surface area contributed by atoms with E-state index >= 15 is 0 Å². The van der Waals surface area contributed by atoms with Gasteiger partial charge in [0.2, 0.25) is 0 Å². The van der Waals surface area contributed by atoms with Crippen LogP contribution in [-0.4, -0.2) is 18.4 Å². The largest absolute Gasteiger partial charge is 0.465 e. The number of carbonyl (C=O) groups is 2. The molecule has 1 saturated carbocycles. The molecule has 0 bridgehead atoms. The summed E-state index contributed by atoms with van der Waals surface area (Å²) in [6, 6.07) is 0. The summed E-state index contributed by atoms with van der Waals surface area (Å²) in [4.78, 5) is 23.4. The van der Waals surface area contributed by atoms with Crippen LogP contribution in [0.4, 0.5) is 0 Å². The van der Waals surface area contributed by atoms with Crippen molar-refractivity contribution in [3.8, 4) is 0 Å². The van der Waals surface area contributed by atoms with Crippen LogP contribution >= 0.6 is 0 Å². The lowest BCUT2D eigenvalue weighted by molar-refractivity contribution is -0.155. The Morgan fingerprint density at radius 2 is 2.33 bits per heavy atom. The molecule has 0 radical (unpaired) electrons. The molecule has 0 spiro atoms. The quantitative estimate of drug-likeness (QED) is 0.652. The van der Waals surface area contributed by atoms with Crippen molar-refractivity contribution in [2.75, 3.05) is 6.61 Å². The van der Waals surface area contributed by atoms with Crippen LogP contribution in [0.1, 0.15) is 39.0 Å². The van der Waals surface area contributed by atoms with Gasteiger partial charge in [-0.15, -0.1) is 0 Å². The first kappa shape index (κ1) is 10.4. The maximum Gasteiger partial charge on any atom is 0.316 e. The van der Waals surface area contributed by atoms with Crippen LogP contribution in [0.25, 0.3) is 0 Å². The van der Waals surface area contributed by atoms with Gasteiger partial charge in [-0.25, -0.2) is 0 Å². The number of ketones is 1. The summed E-state index contributed by atoms with van der Waals surface area (Å²) in [5.41, 5.74) is 0.433. The lowest BCUT2D eigenvalue weighted by Gasteiger charge is -2.33. The Balaban J connectivity index is 2.27. The van der Waals surface area contributed by atoms with E-state index < -0.39 is 5.41 Å². The van der Waals surface area contributed by atoms with Crippen molar-refractivity contribution in [3.05, 3.63) is 11.6 Å². The van der Waals surface area contributed by atoms with Gasteiger partial charge in [-0.1, -0.05) is 6.42 Å². The average molecular weight is 208 g/mol. The molecule has 0 aromatic carbocycles. The van der Waals surface area contributed by atoms with Crippen LogP contribution in [0, 0.1) is 5.41 Å². The van der Waals surface area contributed by atoms with Crippen molar-refractivity contribution < 1.29 is 14.3 Å². The summed E-state index contributed by atoms with van der Waals surface area (Å²) in [5.74, 6) is -0.109. The van der Waals surface area contributed by atoms with E-state index in [1.807, 2.05) is 0 Å². The van der Waals surface area contributed by atoms with Gasteiger partial charge in [0, 0.05) is 6.42 Å². The number of esters is 1. The third kappa shape index (κ3) is 1.60. The van der Waals surface area contributed by atoms with Crippen molar-refractivity contribution in [3.63, 3.8) is 0 Å². The van der Waals surface area contributed by atoms with Gasteiger partial charge in [-0.3, -0.25) is 9.59 Å². The van der Waals surface area contributed by atoms with Crippen LogP contribution in [0.15, 0.2) is 11.6 Å². The number of hydrogen-bond donors (Lipinski definition) is 0. The highest BCUT2D eigenvalue weighted by molar-refractivity contribution is 6.01. The third-order valence-corrected chi connectivity index (χ3v) is 3.39. The minimum atomic E-state index is -0.578. The number of fused-ring (bicyclic) bond motifs is 1. The van der Waals surface area contributed by atoms with Gasteiger partial charge in [0.05, 0.1) is 12.0 Å². The van der Waals surface area contributed by atoms with Crippen LogP contribution < -0.4 is 0 Å². The van der Waals surface area contributed by atoms with Crippen molar-refractivity contribution in [1.82, 2.24) is 0 Å². The first-order valence-electron chi connectivity index (χ1n) is 5.60. The summed E-state index contributed by atoms with van der Waals surface area (Å²) in [6.45, 7) is 2.19. The lowest BCUT2D eigenvalue weighted by atomic mass is 9.71. The first-order chi connectivity index (χ1) is 7.19. The van der Waals surface area contributed by atoms with Gasteiger partial charge in [-0.2, -0.15) is 0 Å². The molecule has 0 heterocycles. The lowest BCUT2D eigenvalue weighted by Crippen LogP contribution is -2.35. The van der Waals surface area contributed by atoms with Crippen LogP contribution in [0.2, 0.25) is 0 Å². The molecule has 3 heteroatoms. The van der Waals surface area contributed by atoms with Gasteiger partial charge >= 0.3 is 5.97 Å². The Morgan fingerprint density at radius 3 is 3.07 bits per heavy atom. The summed E-state index contributed by atoms with van der Waals surface area (Å²) in [7, 11) is 0. The van der Waals surface area contributed by atoms with E-state index in [1.54, 1.807) is 13.0 Å². The molecule has 1 fully saturated rings. The van der Waals surface area contributed by atoms with E-state index in [4.69, 9.17) is 4.74 Å². The zero-order valence-corrected chi connectivity index (χ0v) is 9.04. The molecule has 82 valence electrons. The number of hydrogen-bond acceptors (Lipinski definition) is 3. The molecular formula is C12H16O3. The fraction of sp³-hybridized carbons (Fsp3) is 0.667. The Kier molecular flexibility index (Phi) is 2.63. The molecule has 0 aromatic heterocycles. The maximum atomic E-state index is 11.9. The third-order valence-electron chi connectivity index (χ3n) is 3.39. The van der Waals surface area contributed by atoms with Gasteiger partial charge in [0.25, 0.3) is 0 Å². The van der Waals surface area contributed by atoms with Crippen LogP contribution in [0.5, 0.6) is 0 Å². The molecule has 15 heavy (non-hydrogen) atoms. The monoisotopic (exact) mass is 208 g/mol. The average Bonchev–Trinajstić information content (AvgIpc) is 2.55. The molecule has 2 rings (SSSR count). The van der Waals surface area contributed by atoms with E-state index in [1.165, 1.54) is 0 Å². The summed E-state index contributed by atoms with van der Waals surface area (Å²) in [5, 5.41) is 0. The van der Waals surface area contributed by atoms with Gasteiger partial charge < -0.3 is 4.74 Å². The number of rotatable bonds is 2. The molecule has 2 aliphatic rings. The van der Waals surface area contributed by atoms with Crippen molar-refractivity contribution >= 4 is 11.8 Å². The zero-order valence-electron chi connectivity index (χ0n) is 9.04. The fourth-order valence-corrected chi connectivity index (χ4v) is 2.67. The predicted octanol–water partition coefficient (Wildman–Crippen LogP) is 2.01. The molecule has 1 unspecified atom stereocenters. The van der Waals surface area contributed by atoms with Crippen molar-refractivity contribution in [1.29, 1.82) is 0 Å². The van der Waals surface area contributed by atoms with Gasteiger partial charge in [-0.05, 0) is 37.8 Å². The second-order valence-electron chi connectivity index (χ2n) is 4.32. The minimum absolute atomic E-state index is 0.0833. The Morgan fingerprint density at radius 1 is 1.53 bits per heavy atom. The SMILES string of the molecule is CCOC(=O)C12CCCCC1=CC(=O)C2. The molecule has 1 atom stereocenters. The topological polar surface area (TPSA) is 43.4 Å². The standard InChI is InChI=1S/C12H16O3/c1-2-15-11(14)12-6-4-3-5-9(12)7-10(13)8-12/h7H,2-6,8H2,1H3. The minimum Gasteiger partial charge on any atom is -0.465 e.